The minimum absolute atomic E-state index is 0.151. The van der Waals surface area contributed by atoms with Crippen molar-refractivity contribution in [1.82, 2.24) is 9.80 Å². The summed E-state index contributed by atoms with van der Waals surface area (Å²) >= 11 is 12.6. The SMILES string of the molecule is O=C(C(=CCl)N1CCN(c2ccc(OCc3ccccc3)cc2)CC1)C(=CCl)N1CCN(c2ccc(OCc3ccccc3)cc2)CC1. The first kappa shape index (κ1) is 33.3. The van der Waals surface area contributed by atoms with Gasteiger partial charge in [0, 0.05) is 74.8 Å². The second-order valence-electron chi connectivity index (χ2n) is 11.8. The Morgan fingerprint density at radius 3 is 1.21 bits per heavy atom. The number of Topliss-reactive ketones (excluding diaryl/α,β-unsaturated/α-hetero) is 1. The molecule has 0 atom stereocenters. The van der Waals surface area contributed by atoms with Crippen molar-refractivity contribution in [2.75, 3.05) is 62.2 Å². The number of ketones is 1. The minimum Gasteiger partial charge on any atom is -0.489 e. The lowest BCUT2D eigenvalue weighted by atomic mass is 10.1. The largest absolute Gasteiger partial charge is 0.489 e. The number of piperazine rings is 2. The van der Waals surface area contributed by atoms with Crippen LogP contribution in [0.4, 0.5) is 11.4 Å². The van der Waals surface area contributed by atoms with E-state index in [0.29, 0.717) is 50.8 Å². The van der Waals surface area contributed by atoms with Crippen LogP contribution < -0.4 is 19.3 Å². The third-order valence-corrected chi connectivity index (χ3v) is 9.23. The number of carbonyl (C=O) groups excluding carboxylic acids is 1. The lowest BCUT2D eigenvalue weighted by Gasteiger charge is -2.40. The standard InChI is InChI=1S/C39H40Cl2N4O3/c40-27-37(44-23-19-42(20-24-44)33-11-15-35(16-12-33)47-29-31-7-3-1-4-8-31)39(46)38(28-41)45-25-21-43(22-26-45)34-13-17-36(18-14-34)48-30-32-9-5-2-6-10-32/h1-18,27-28H,19-26,29-30H2. The molecule has 0 N–H and O–H groups in total. The van der Waals surface area contributed by atoms with Gasteiger partial charge in [0.15, 0.2) is 0 Å². The molecule has 9 heteroatoms. The van der Waals surface area contributed by atoms with Gasteiger partial charge in [0.25, 0.3) is 0 Å². The van der Waals surface area contributed by atoms with Gasteiger partial charge < -0.3 is 29.1 Å². The van der Waals surface area contributed by atoms with Gasteiger partial charge in [0.1, 0.15) is 24.7 Å². The van der Waals surface area contributed by atoms with Crippen LogP contribution in [0.1, 0.15) is 11.1 Å². The topological polar surface area (TPSA) is 48.5 Å². The van der Waals surface area contributed by atoms with E-state index in [1.165, 1.54) is 11.1 Å². The Morgan fingerprint density at radius 2 is 0.875 bits per heavy atom. The number of rotatable bonds is 12. The molecule has 2 heterocycles. The Morgan fingerprint density at radius 1 is 0.521 bits per heavy atom. The molecule has 7 nitrogen and oxygen atoms in total. The van der Waals surface area contributed by atoms with Crippen molar-refractivity contribution in [2.24, 2.45) is 0 Å². The van der Waals surface area contributed by atoms with E-state index in [4.69, 9.17) is 32.7 Å². The van der Waals surface area contributed by atoms with E-state index in [9.17, 15) is 4.79 Å². The zero-order valence-electron chi connectivity index (χ0n) is 26.9. The highest BCUT2D eigenvalue weighted by molar-refractivity contribution is 6.31. The number of halogens is 2. The highest BCUT2D eigenvalue weighted by atomic mass is 35.5. The van der Waals surface area contributed by atoms with Gasteiger partial charge in [-0.2, -0.15) is 0 Å². The van der Waals surface area contributed by atoms with Gasteiger partial charge in [-0.1, -0.05) is 83.9 Å². The second-order valence-corrected chi connectivity index (χ2v) is 12.2. The summed E-state index contributed by atoms with van der Waals surface area (Å²) in [6.07, 6.45) is 0. The summed E-state index contributed by atoms with van der Waals surface area (Å²) in [6, 6.07) is 36.6. The molecule has 6 rings (SSSR count). The summed E-state index contributed by atoms with van der Waals surface area (Å²) in [5, 5.41) is 0. The van der Waals surface area contributed by atoms with Crippen LogP contribution in [-0.4, -0.2) is 67.9 Å². The summed E-state index contributed by atoms with van der Waals surface area (Å²) in [4.78, 5) is 22.5. The molecule has 0 amide bonds. The Labute approximate surface area is 293 Å². The molecule has 48 heavy (non-hydrogen) atoms. The zero-order chi connectivity index (χ0) is 33.1. The number of hydrogen-bond acceptors (Lipinski definition) is 7. The minimum atomic E-state index is -0.151. The average Bonchev–Trinajstić information content (AvgIpc) is 3.16. The molecule has 2 aliphatic rings. The van der Waals surface area contributed by atoms with E-state index in [2.05, 4.69) is 68.1 Å². The Hall–Kier alpha value is -4.59. The number of ether oxygens (including phenoxy) is 2. The first-order chi connectivity index (χ1) is 23.6. The van der Waals surface area contributed by atoms with Crippen molar-refractivity contribution in [3.05, 3.63) is 143 Å². The van der Waals surface area contributed by atoms with Crippen LogP contribution in [0.2, 0.25) is 0 Å². The van der Waals surface area contributed by atoms with Crippen LogP contribution in [0.3, 0.4) is 0 Å². The molecule has 0 saturated carbocycles. The maximum Gasteiger partial charge on any atom is 0.226 e. The van der Waals surface area contributed by atoms with Crippen molar-refractivity contribution < 1.29 is 14.3 Å². The molecule has 4 aromatic rings. The molecule has 248 valence electrons. The van der Waals surface area contributed by atoms with E-state index in [1.807, 2.05) is 60.7 Å². The Balaban J connectivity index is 0.971. The molecule has 0 aliphatic carbocycles. The van der Waals surface area contributed by atoms with Gasteiger partial charge in [-0.25, -0.2) is 0 Å². The fourth-order valence-electron chi connectivity index (χ4n) is 6.05. The summed E-state index contributed by atoms with van der Waals surface area (Å²) in [7, 11) is 0. The zero-order valence-corrected chi connectivity index (χ0v) is 28.4. The van der Waals surface area contributed by atoms with Gasteiger partial charge in [-0.15, -0.1) is 0 Å². The van der Waals surface area contributed by atoms with Crippen LogP contribution in [0.5, 0.6) is 11.5 Å². The Kier molecular flexibility index (Phi) is 11.4. The van der Waals surface area contributed by atoms with Crippen LogP contribution in [0.25, 0.3) is 0 Å². The number of hydrogen-bond donors (Lipinski definition) is 0. The van der Waals surface area contributed by atoms with Crippen molar-refractivity contribution in [3.8, 4) is 11.5 Å². The fraction of sp³-hybridized carbons (Fsp3) is 0.256. The van der Waals surface area contributed by atoms with E-state index >= 15 is 0 Å². The van der Waals surface area contributed by atoms with Crippen LogP contribution in [0.15, 0.2) is 132 Å². The highest BCUT2D eigenvalue weighted by Gasteiger charge is 2.29. The quantitative estimate of drug-likeness (QED) is 0.143. The number of anilines is 2. The van der Waals surface area contributed by atoms with E-state index in [-0.39, 0.29) is 5.78 Å². The average molecular weight is 684 g/mol. The molecule has 0 radical (unpaired) electrons. The fourth-order valence-corrected chi connectivity index (χ4v) is 6.53. The third kappa shape index (κ3) is 8.46. The van der Waals surface area contributed by atoms with Crippen molar-refractivity contribution >= 4 is 40.4 Å². The lowest BCUT2D eigenvalue weighted by molar-refractivity contribution is -0.115. The van der Waals surface area contributed by atoms with E-state index in [0.717, 1.165) is 60.2 Å². The molecule has 2 saturated heterocycles. The maximum atomic E-state index is 13.8. The molecule has 2 fully saturated rings. The normalized spacial score (nSPS) is 15.8. The predicted octanol–water partition coefficient (Wildman–Crippen LogP) is 7.52. The molecule has 0 unspecified atom stereocenters. The Bertz CT molecular complexity index is 1540. The van der Waals surface area contributed by atoms with Gasteiger partial charge in [-0.3, -0.25) is 4.79 Å². The van der Waals surface area contributed by atoms with Crippen LogP contribution >= 0.6 is 23.2 Å². The molecule has 0 spiro atoms. The lowest BCUT2D eigenvalue weighted by Crippen LogP contribution is -2.49. The maximum absolute atomic E-state index is 13.8. The summed E-state index contributed by atoms with van der Waals surface area (Å²) in [6.45, 7) is 6.82. The van der Waals surface area contributed by atoms with Gasteiger partial charge in [0.2, 0.25) is 5.78 Å². The molecule has 4 aromatic carbocycles. The third-order valence-electron chi connectivity index (χ3n) is 8.81. The van der Waals surface area contributed by atoms with Gasteiger partial charge in [0.05, 0.1) is 11.4 Å². The number of nitrogens with zero attached hydrogens (tertiary/aromatic N) is 4. The monoisotopic (exact) mass is 682 g/mol. The van der Waals surface area contributed by atoms with Crippen LogP contribution in [-0.2, 0) is 18.0 Å². The molecule has 0 bridgehead atoms. The van der Waals surface area contributed by atoms with Gasteiger partial charge >= 0.3 is 0 Å². The van der Waals surface area contributed by atoms with E-state index in [1.54, 1.807) is 0 Å². The number of carbonyl (C=O) groups is 1. The second kappa shape index (κ2) is 16.5. The van der Waals surface area contributed by atoms with Crippen molar-refractivity contribution in [1.29, 1.82) is 0 Å². The molecular weight excluding hydrogens is 643 g/mol. The van der Waals surface area contributed by atoms with Crippen molar-refractivity contribution in [3.63, 3.8) is 0 Å². The summed E-state index contributed by atoms with van der Waals surface area (Å²) in [5.74, 6) is 1.52. The molecule has 0 aromatic heterocycles. The van der Waals surface area contributed by atoms with Crippen molar-refractivity contribution in [2.45, 2.75) is 13.2 Å². The predicted molar refractivity (Wildman–Crippen MR) is 195 cm³/mol. The summed E-state index contributed by atoms with van der Waals surface area (Å²) < 4.78 is 11.9. The molecule has 2 aliphatic heterocycles. The van der Waals surface area contributed by atoms with Gasteiger partial charge in [-0.05, 0) is 59.7 Å². The van der Waals surface area contributed by atoms with Crippen LogP contribution in [0, 0.1) is 0 Å². The first-order valence-corrected chi connectivity index (χ1v) is 17.2. The first-order valence-electron chi connectivity index (χ1n) is 16.3. The molecular formula is C39H40Cl2N4O3. The number of benzene rings is 4. The smallest absolute Gasteiger partial charge is 0.226 e. The summed E-state index contributed by atoms with van der Waals surface area (Å²) in [5.41, 5.74) is 8.26. The highest BCUT2D eigenvalue weighted by Crippen LogP contribution is 2.26. The van der Waals surface area contributed by atoms with E-state index < -0.39 is 0 Å².